The monoisotopic (exact) mass is 401 g/mol. The summed E-state index contributed by atoms with van der Waals surface area (Å²) in [5, 5.41) is 6.69. The van der Waals surface area contributed by atoms with Gasteiger partial charge < -0.3 is 15.0 Å². The van der Waals surface area contributed by atoms with Gasteiger partial charge in [0.15, 0.2) is 0 Å². The van der Waals surface area contributed by atoms with Crippen molar-refractivity contribution in [2.24, 2.45) is 0 Å². The lowest BCUT2D eigenvalue weighted by Gasteiger charge is -2.26. The van der Waals surface area contributed by atoms with Crippen molar-refractivity contribution in [3.05, 3.63) is 52.2 Å². The summed E-state index contributed by atoms with van der Waals surface area (Å²) in [6, 6.07) is 8.39. The Morgan fingerprint density at radius 3 is 2.54 bits per heavy atom. The predicted molar refractivity (Wildman–Crippen MR) is 106 cm³/mol. The molecule has 0 unspecified atom stereocenters. The second-order valence-electron chi connectivity index (χ2n) is 6.69. The number of nitrogens with zero attached hydrogens (tertiary/aromatic N) is 2. The normalized spacial score (nSPS) is 18.9. The van der Waals surface area contributed by atoms with Gasteiger partial charge in [0.05, 0.1) is 7.11 Å². The first-order valence-electron chi connectivity index (χ1n) is 8.95. The van der Waals surface area contributed by atoms with Crippen molar-refractivity contribution in [1.82, 2.24) is 15.1 Å². The number of hydrogen-bond acceptors (Lipinski definition) is 5. The van der Waals surface area contributed by atoms with Crippen LogP contribution in [0.2, 0.25) is 0 Å². The molecule has 0 bridgehead atoms. The van der Waals surface area contributed by atoms with Gasteiger partial charge in [-0.05, 0) is 46.5 Å². The standard InChI is InChI=1S/C20H23N3O4S/c1-4-20(15-5-7-16(27-3)8-6-15)18(25)23(19(26)21-20)12-17(24)22(2)11-14-9-10-28-13-14/h5-10,13H,4,11-12H2,1-3H3,(H,21,26)/t20-/m1/s1. The Morgan fingerprint density at radius 2 is 1.96 bits per heavy atom. The SMILES string of the molecule is CC[C@]1(c2ccc(OC)cc2)NC(=O)N(CC(=O)N(C)Cc2ccsc2)C1=O. The first-order valence-corrected chi connectivity index (χ1v) is 9.89. The van der Waals surface area contributed by atoms with E-state index in [9.17, 15) is 14.4 Å². The van der Waals surface area contributed by atoms with E-state index in [0.717, 1.165) is 10.5 Å². The second-order valence-corrected chi connectivity index (χ2v) is 7.47. The molecule has 1 saturated heterocycles. The lowest BCUT2D eigenvalue weighted by atomic mass is 9.87. The minimum Gasteiger partial charge on any atom is -0.497 e. The Balaban J connectivity index is 1.76. The highest BCUT2D eigenvalue weighted by Gasteiger charge is 2.51. The number of methoxy groups -OCH3 is 1. The molecule has 3 rings (SSSR count). The number of imide groups is 1. The van der Waals surface area contributed by atoms with Gasteiger partial charge in [-0.2, -0.15) is 11.3 Å². The van der Waals surface area contributed by atoms with E-state index in [4.69, 9.17) is 4.74 Å². The van der Waals surface area contributed by atoms with Gasteiger partial charge in [0.25, 0.3) is 5.91 Å². The first kappa shape index (κ1) is 19.9. The van der Waals surface area contributed by atoms with E-state index in [0.29, 0.717) is 24.3 Å². The van der Waals surface area contributed by atoms with Crippen molar-refractivity contribution < 1.29 is 19.1 Å². The number of likely N-dealkylation sites (N-methyl/N-ethyl adjacent to an activating group) is 1. The number of nitrogens with one attached hydrogen (secondary N) is 1. The first-order chi connectivity index (χ1) is 13.4. The highest BCUT2D eigenvalue weighted by molar-refractivity contribution is 7.07. The lowest BCUT2D eigenvalue weighted by Crippen LogP contribution is -2.45. The third-order valence-corrected chi connectivity index (χ3v) is 5.74. The molecule has 0 aliphatic carbocycles. The van der Waals surface area contributed by atoms with Crippen LogP contribution >= 0.6 is 11.3 Å². The predicted octanol–water partition coefficient (Wildman–Crippen LogP) is 2.57. The zero-order valence-corrected chi connectivity index (χ0v) is 16.9. The Bertz CT molecular complexity index is 866. The minimum atomic E-state index is -1.17. The Labute approximate surface area is 167 Å². The van der Waals surface area contributed by atoms with Gasteiger partial charge in [-0.15, -0.1) is 0 Å². The third kappa shape index (κ3) is 3.60. The maximum atomic E-state index is 13.1. The van der Waals surface area contributed by atoms with E-state index in [-0.39, 0.29) is 12.5 Å². The molecule has 4 amide bonds. The van der Waals surface area contributed by atoms with Gasteiger partial charge >= 0.3 is 6.03 Å². The summed E-state index contributed by atoms with van der Waals surface area (Å²) in [5.41, 5.74) is 0.505. The van der Waals surface area contributed by atoms with Crippen LogP contribution in [0.3, 0.4) is 0 Å². The Hall–Kier alpha value is -2.87. The average Bonchev–Trinajstić information content (AvgIpc) is 3.30. The smallest absolute Gasteiger partial charge is 0.325 e. The number of thiophene rings is 1. The van der Waals surface area contributed by atoms with E-state index in [1.54, 1.807) is 49.8 Å². The Morgan fingerprint density at radius 1 is 1.25 bits per heavy atom. The van der Waals surface area contributed by atoms with Crippen molar-refractivity contribution in [3.8, 4) is 5.75 Å². The summed E-state index contributed by atoms with van der Waals surface area (Å²) in [7, 11) is 3.22. The van der Waals surface area contributed by atoms with Crippen LogP contribution in [0.4, 0.5) is 4.79 Å². The van der Waals surface area contributed by atoms with Crippen LogP contribution in [0.1, 0.15) is 24.5 Å². The van der Waals surface area contributed by atoms with E-state index >= 15 is 0 Å². The summed E-state index contributed by atoms with van der Waals surface area (Å²) in [6.45, 7) is 1.98. The zero-order valence-electron chi connectivity index (χ0n) is 16.1. The lowest BCUT2D eigenvalue weighted by molar-refractivity contribution is -0.138. The van der Waals surface area contributed by atoms with Crippen LogP contribution in [0.5, 0.6) is 5.75 Å². The van der Waals surface area contributed by atoms with Gasteiger partial charge in [-0.1, -0.05) is 19.1 Å². The molecule has 0 spiro atoms. The van der Waals surface area contributed by atoms with Crippen molar-refractivity contribution in [2.45, 2.75) is 25.4 Å². The van der Waals surface area contributed by atoms with Crippen LogP contribution in [0.25, 0.3) is 0 Å². The van der Waals surface area contributed by atoms with E-state index in [2.05, 4.69) is 5.32 Å². The molecular weight excluding hydrogens is 378 g/mol. The summed E-state index contributed by atoms with van der Waals surface area (Å²) in [5.74, 6) is -0.0485. The van der Waals surface area contributed by atoms with Crippen molar-refractivity contribution in [1.29, 1.82) is 0 Å². The number of hydrogen-bond donors (Lipinski definition) is 1. The second kappa shape index (κ2) is 8.02. The molecule has 0 radical (unpaired) electrons. The molecule has 1 atom stereocenters. The summed E-state index contributed by atoms with van der Waals surface area (Å²) >= 11 is 1.55. The highest BCUT2D eigenvalue weighted by atomic mass is 32.1. The molecule has 1 fully saturated rings. The molecule has 2 aromatic rings. The van der Waals surface area contributed by atoms with E-state index < -0.39 is 17.5 Å². The fraction of sp³-hybridized carbons (Fsp3) is 0.350. The highest BCUT2D eigenvalue weighted by Crippen LogP contribution is 2.33. The number of carbonyl (C=O) groups is 3. The maximum Gasteiger partial charge on any atom is 0.325 e. The minimum absolute atomic E-state index is 0.288. The molecule has 2 heterocycles. The molecule has 8 heteroatoms. The molecule has 0 saturated carbocycles. The van der Waals surface area contributed by atoms with Gasteiger partial charge in [-0.3, -0.25) is 14.5 Å². The van der Waals surface area contributed by atoms with Gasteiger partial charge in [0, 0.05) is 13.6 Å². The van der Waals surface area contributed by atoms with Crippen LogP contribution < -0.4 is 10.1 Å². The number of amides is 4. The molecule has 1 aliphatic heterocycles. The number of carbonyl (C=O) groups excluding carboxylic acids is 3. The van der Waals surface area contributed by atoms with Gasteiger partial charge in [-0.25, -0.2) is 4.79 Å². The number of ether oxygens (including phenoxy) is 1. The molecular formula is C20H23N3O4S. The van der Waals surface area contributed by atoms with Gasteiger partial charge in [0.2, 0.25) is 5.91 Å². The molecule has 1 aromatic heterocycles. The quantitative estimate of drug-likeness (QED) is 0.724. The van der Waals surface area contributed by atoms with Crippen LogP contribution in [-0.2, 0) is 21.7 Å². The van der Waals surface area contributed by atoms with Crippen LogP contribution in [-0.4, -0.2) is 48.3 Å². The van der Waals surface area contributed by atoms with E-state index in [1.165, 1.54) is 4.90 Å². The molecule has 7 nitrogen and oxygen atoms in total. The van der Waals surface area contributed by atoms with Crippen LogP contribution in [0.15, 0.2) is 41.1 Å². The van der Waals surface area contributed by atoms with Crippen molar-refractivity contribution >= 4 is 29.2 Å². The molecule has 1 N–H and O–H groups in total. The van der Waals surface area contributed by atoms with Gasteiger partial charge in [0.1, 0.15) is 17.8 Å². The number of rotatable bonds is 7. The summed E-state index contributed by atoms with van der Waals surface area (Å²) in [6.07, 6.45) is 0.374. The summed E-state index contributed by atoms with van der Waals surface area (Å²) < 4.78 is 5.16. The zero-order chi connectivity index (χ0) is 20.3. The third-order valence-electron chi connectivity index (χ3n) is 5.01. The number of benzene rings is 1. The maximum absolute atomic E-state index is 13.1. The van der Waals surface area contributed by atoms with Crippen molar-refractivity contribution in [2.75, 3.05) is 20.7 Å². The molecule has 1 aromatic carbocycles. The molecule has 28 heavy (non-hydrogen) atoms. The Kier molecular flexibility index (Phi) is 5.69. The molecule has 148 valence electrons. The van der Waals surface area contributed by atoms with Crippen molar-refractivity contribution in [3.63, 3.8) is 0 Å². The fourth-order valence-corrected chi connectivity index (χ4v) is 3.95. The average molecular weight is 401 g/mol. The fourth-order valence-electron chi connectivity index (χ4n) is 3.29. The van der Waals surface area contributed by atoms with Crippen LogP contribution in [0, 0.1) is 0 Å². The topological polar surface area (TPSA) is 79.0 Å². The largest absolute Gasteiger partial charge is 0.497 e. The van der Waals surface area contributed by atoms with E-state index in [1.807, 2.05) is 23.8 Å². The number of urea groups is 1. The summed E-state index contributed by atoms with van der Waals surface area (Å²) in [4.78, 5) is 40.8. The molecule has 1 aliphatic rings.